The summed E-state index contributed by atoms with van der Waals surface area (Å²) in [6.07, 6.45) is 2.70. The van der Waals surface area contributed by atoms with Gasteiger partial charge >= 0.3 is 0 Å². The Balaban J connectivity index is 1.81. The summed E-state index contributed by atoms with van der Waals surface area (Å²) in [6.45, 7) is 5.33. The zero-order valence-corrected chi connectivity index (χ0v) is 13.7. The Bertz CT molecular complexity index is 576. The predicted molar refractivity (Wildman–Crippen MR) is 86.8 cm³/mol. The minimum atomic E-state index is 0.780. The number of thiophene rings is 1. The second-order valence-corrected chi connectivity index (χ2v) is 7.31. The summed E-state index contributed by atoms with van der Waals surface area (Å²) in [5.74, 6) is 0. The fourth-order valence-electron chi connectivity index (χ4n) is 2.25. The van der Waals surface area contributed by atoms with Crippen LogP contribution in [0.25, 0.3) is 10.4 Å². The molecule has 1 saturated carbocycles. The van der Waals surface area contributed by atoms with Crippen LogP contribution in [0.5, 0.6) is 0 Å². The van der Waals surface area contributed by atoms with Crippen molar-refractivity contribution in [1.29, 1.82) is 0 Å². The molecule has 1 nitrogen and oxygen atoms in total. The van der Waals surface area contributed by atoms with Crippen molar-refractivity contribution in [3.63, 3.8) is 0 Å². The first-order chi connectivity index (χ1) is 9.13. The van der Waals surface area contributed by atoms with Gasteiger partial charge in [0.15, 0.2) is 0 Å². The van der Waals surface area contributed by atoms with Crippen LogP contribution in [0.3, 0.4) is 0 Å². The quantitative estimate of drug-likeness (QED) is 0.824. The van der Waals surface area contributed by atoms with Crippen molar-refractivity contribution in [3.8, 4) is 10.4 Å². The summed E-state index contributed by atoms with van der Waals surface area (Å²) in [5, 5.41) is 3.57. The number of aryl methyl sites for hydroxylation is 2. The number of hydrogen-bond donors (Lipinski definition) is 1. The normalized spacial score (nSPS) is 14.9. The number of rotatable bonds is 4. The average Bonchev–Trinajstić information content (AvgIpc) is 3.10. The Kier molecular flexibility index (Phi) is 3.79. The summed E-state index contributed by atoms with van der Waals surface area (Å²) in [7, 11) is 0. The molecular weight excluding hydrogens is 318 g/mol. The monoisotopic (exact) mass is 335 g/mol. The largest absolute Gasteiger partial charge is 0.309 e. The van der Waals surface area contributed by atoms with E-state index in [1.165, 1.54) is 43.8 Å². The molecule has 0 saturated heterocycles. The molecule has 1 aromatic carbocycles. The summed E-state index contributed by atoms with van der Waals surface area (Å²) in [4.78, 5) is 2.80. The van der Waals surface area contributed by atoms with E-state index in [0.29, 0.717) is 0 Å². The van der Waals surface area contributed by atoms with Crippen LogP contribution in [0.4, 0.5) is 0 Å². The third kappa shape index (κ3) is 3.10. The molecule has 0 aliphatic heterocycles. The first kappa shape index (κ1) is 13.3. The summed E-state index contributed by atoms with van der Waals surface area (Å²) in [5.41, 5.74) is 3.95. The van der Waals surface area contributed by atoms with E-state index in [9.17, 15) is 0 Å². The van der Waals surface area contributed by atoms with Gasteiger partial charge in [0.05, 0.1) is 0 Å². The number of nitrogens with one attached hydrogen (secondary N) is 1. The van der Waals surface area contributed by atoms with Gasteiger partial charge in [-0.15, -0.1) is 11.3 Å². The molecule has 0 radical (unpaired) electrons. The van der Waals surface area contributed by atoms with E-state index < -0.39 is 0 Å². The molecule has 100 valence electrons. The van der Waals surface area contributed by atoms with Crippen molar-refractivity contribution in [1.82, 2.24) is 5.32 Å². The van der Waals surface area contributed by atoms with Crippen molar-refractivity contribution >= 4 is 27.3 Å². The molecule has 1 heterocycles. The zero-order chi connectivity index (χ0) is 13.4. The summed E-state index contributed by atoms with van der Waals surface area (Å²) < 4.78 is 1.23. The summed E-state index contributed by atoms with van der Waals surface area (Å²) in [6, 6.07) is 9.81. The van der Waals surface area contributed by atoms with E-state index in [-0.39, 0.29) is 0 Å². The van der Waals surface area contributed by atoms with Crippen LogP contribution in [-0.2, 0) is 6.54 Å². The van der Waals surface area contributed by atoms with E-state index in [4.69, 9.17) is 0 Å². The van der Waals surface area contributed by atoms with Crippen molar-refractivity contribution < 1.29 is 0 Å². The van der Waals surface area contributed by atoms with Gasteiger partial charge in [0.1, 0.15) is 0 Å². The Morgan fingerprint density at radius 1 is 1.21 bits per heavy atom. The number of benzene rings is 1. The molecule has 3 heteroatoms. The SMILES string of the molecule is Cc1cc(-c2ccc(CNC3CC3)s2)cc(C)c1Br. The highest BCUT2D eigenvalue weighted by Gasteiger charge is 2.20. The highest BCUT2D eigenvalue weighted by molar-refractivity contribution is 9.10. The van der Waals surface area contributed by atoms with Crippen LogP contribution in [0.15, 0.2) is 28.7 Å². The predicted octanol–water partition coefficient (Wildman–Crippen LogP) is 5.05. The molecule has 1 aliphatic rings. The highest BCUT2D eigenvalue weighted by atomic mass is 79.9. The van der Waals surface area contributed by atoms with E-state index in [1.807, 2.05) is 11.3 Å². The fraction of sp³-hybridized carbons (Fsp3) is 0.375. The van der Waals surface area contributed by atoms with Gasteiger partial charge in [-0.1, -0.05) is 15.9 Å². The second-order valence-electron chi connectivity index (χ2n) is 5.35. The van der Waals surface area contributed by atoms with E-state index >= 15 is 0 Å². The Morgan fingerprint density at radius 2 is 1.89 bits per heavy atom. The molecule has 0 bridgehead atoms. The van der Waals surface area contributed by atoms with Crippen molar-refractivity contribution in [3.05, 3.63) is 44.7 Å². The molecule has 1 aromatic heterocycles. The van der Waals surface area contributed by atoms with Crippen LogP contribution >= 0.6 is 27.3 Å². The van der Waals surface area contributed by atoms with E-state index in [1.54, 1.807) is 0 Å². The number of hydrogen-bond acceptors (Lipinski definition) is 2. The Morgan fingerprint density at radius 3 is 2.53 bits per heavy atom. The second kappa shape index (κ2) is 5.39. The lowest BCUT2D eigenvalue weighted by molar-refractivity contribution is 0.695. The van der Waals surface area contributed by atoms with Crippen LogP contribution < -0.4 is 5.32 Å². The molecule has 1 N–H and O–H groups in total. The Labute approximate surface area is 127 Å². The molecule has 1 fully saturated rings. The van der Waals surface area contributed by atoms with Crippen molar-refractivity contribution in [2.24, 2.45) is 0 Å². The first-order valence-electron chi connectivity index (χ1n) is 6.72. The van der Waals surface area contributed by atoms with Crippen LogP contribution in [-0.4, -0.2) is 6.04 Å². The maximum atomic E-state index is 3.63. The van der Waals surface area contributed by atoms with Gasteiger partial charge in [0.25, 0.3) is 0 Å². The maximum absolute atomic E-state index is 3.63. The average molecular weight is 336 g/mol. The van der Waals surface area contributed by atoms with Gasteiger partial charge in [0.2, 0.25) is 0 Å². The first-order valence-corrected chi connectivity index (χ1v) is 8.33. The molecule has 0 unspecified atom stereocenters. The molecule has 0 atom stereocenters. The lowest BCUT2D eigenvalue weighted by Gasteiger charge is -2.06. The lowest BCUT2D eigenvalue weighted by atomic mass is 10.1. The molecule has 2 aromatic rings. The van der Waals surface area contributed by atoms with Gasteiger partial charge in [-0.3, -0.25) is 0 Å². The molecule has 0 spiro atoms. The summed E-state index contributed by atoms with van der Waals surface area (Å²) >= 11 is 5.53. The van der Waals surface area contributed by atoms with Crippen LogP contribution in [0.2, 0.25) is 0 Å². The van der Waals surface area contributed by atoms with Gasteiger partial charge < -0.3 is 5.32 Å². The van der Waals surface area contributed by atoms with E-state index in [0.717, 1.165) is 12.6 Å². The topological polar surface area (TPSA) is 12.0 Å². The van der Waals surface area contributed by atoms with Crippen LogP contribution in [0, 0.1) is 13.8 Å². The lowest BCUT2D eigenvalue weighted by Crippen LogP contribution is -2.14. The van der Waals surface area contributed by atoms with Crippen LogP contribution in [0.1, 0.15) is 28.8 Å². The molecule has 19 heavy (non-hydrogen) atoms. The minimum Gasteiger partial charge on any atom is -0.309 e. The highest BCUT2D eigenvalue weighted by Crippen LogP contribution is 2.33. The number of halogens is 1. The van der Waals surface area contributed by atoms with Crippen molar-refractivity contribution in [2.75, 3.05) is 0 Å². The molecular formula is C16H18BrNS. The minimum absolute atomic E-state index is 0.780. The zero-order valence-electron chi connectivity index (χ0n) is 11.3. The third-order valence-corrected chi connectivity index (χ3v) is 5.91. The van der Waals surface area contributed by atoms with Gasteiger partial charge in [0, 0.05) is 26.8 Å². The molecule has 1 aliphatic carbocycles. The smallest absolute Gasteiger partial charge is 0.0346 e. The van der Waals surface area contributed by atoms with Gasteiger partial charge in [-0.05, 0) is 67.6 Å². The van der Waals surface area contributed by atoms with Gasteiger partial charge in [-0.25, -0.2) is 0 Å². The molecule has 3 rings (SSSR count). The third-order valence-electron chi connectivity index (χ3n) is 3.52. The van der Waals surface area contributed by atoms with E-state index in [2.05, 4.69) is 59.4 Å². The molecule has 0 amide bonds. The van der Waals surface area contributed by atoms with Gasteiger partial charge in [-0.2, -0.15) is 0 Å². The maximum Gasteiger partial charge on any atom is 0.0346 e. The Hall–Kier alpha value is -0.640. The van der Waals surface area contributed by atoms with Crippen molar-refractivity contribution in [2.45, 2.75) is 39.3 Å². The standard InChI is InChI=1S/C16H18BrNS/c1-10-7-12(8-11(2)16(10)17)15-6-5-14(19-15)9-18-13-3-4-13/h5-8,13,18H,3-4,9H2,1-2H3. The fourth-order valence-corrected chi connectivity index (χ4v) is 3.42.